The van der Waals surface area contributed by atoms with Gasteiger partial charge in [-0.05, 0) is 66.0 Å². The number of carboxylic acids is 1. The summed E-state index contributed by atoms with van der Waals surface area (Å²) in [5.74, 6) is -3.80. The summed E-state index contributed by atoms with van der Waals surface area (Å²) in [7, 11) is -5.29. The maximum atomic E-state index is 13.3. The van der Waals surface area contributed by atoms with Crippen molar-refractivity contribution in [3.63, 3.8) is 0 Å². The van der Waals surface area contributed by atoms with Crippen LogP contribution < -0.4 is 5.56 Å². The lowest BCUT2D eigenvalue weighted by atomic mass is 10.1. The number of nitrogens with zero attached hydrogens (tertiary/aromatic N) is 8. The third-order valence-corrected chi connectivity index (χ3v) is 11.7. The Kier molecular flexibility index (Phi) is 16.2. The molecule has 0 saturated carbocycles. The molecule has 9 N–H and O–H groups in total. The lowest BCUT2D eigenvalue weighted by Gasteiger charge is -2.13. The van der Waals surface area contributed by atoms with Crippen LogP contribution in [0.15, 0.2) is 133 Å². The van der Waals surface area contributed by atoms with E-state index in [0.717, 1.165) is 47.1 Å². The molecule has 0 aliphatic carbocycles. The smallest absolute Gasteiger partial charge is 0.356 e. The van der Waals surface area contributed by atoms with Crippen LogP contribution in [-0.4, -0.2) is 73.5 Å². The Bertz CT molecular complexity index is 3190. The Morgan fingerprint density at radius 1 is 0.761 bits per heavy atom. The first kappa shape index (κ1) is 49.8. The standard InChI is InChI=1S/C32H21N9O21S5/c42-29-24-13(10-23(67(54,55)56)26(30(24)43)37-34-18-8-4-16(41(47)48)12-20(18)64-61-58-50)9-21(65-62-59-51)25(29)36-35-19-7-1-14(11-22(19)66(52)53)33-38-27-28(32(45)46)39-40(31(27)44)15-2-5-17(6-3-15)63-60-57-49/h1-12,39,42-43,49-51H,(H,45,46)(H,52,53)(H,54,55,56). The Morgan fingerprint density at radius 2 is 1.36 bits per heavy atom. The minimum absolute atomic E-state index is 0.140. The van der Waals surface area contributed by atoms with Crippen molar-refractivity contribution in [2.45, 2.75) is 24.5 Å². The third kappa shape index (κ3) is 11.5. The number of carbonyl (C=O) groups is 1. The lowest BCUT2D eigenvalue weighted by molar-refractivity contribution is -0.432. The molecule has 0 aliphatic rings. The summed E-state index contributed by atoms with van der Waals surface area (Å²) < 4.78 is 71.8. The molecule has 1 atom stereocenters. The van der Waals surface area contributed by atoms with Crippen LogP contribution in [0.2, 0.25) is 0 Å². The number of nitro groups is 1. The largest absolute Gasteiger partial charge is 0.505 e. The van der Waals surface area contributed by atoms with Gasteiger partial charge in [-0.15, -0.1) is 38.6 Å². The molecule has 67 heavy (non-hydrogen) atoms. The van der Waals surface area contributed by atoms with Crippen molar-refractivity contribution in [3.05, 3.63) is 99.0 Å². The van der Waals surface area contributed by atoms with Gasteiger partial charge < -0.3 is 19.9 Å². The highest BCUT2D eigenvalue weighted by Crippen LogP contribution is 2.51. The fourth-order valence-electron chi connectivity index (χ4n) is 5.44. The molecule has 6 rings (SSSR count). The highest BCUT2D eigenvalue weighted by molar-refractivity contribution is 7.95. The lowest BCUT2D eigenvalue weighted by Crippen LogP contribution is -2.13. The van der Waals surface area contributed by atoms with Crippen molar-refractivity contribution < 1.29 is 90.7 Å². The van der Waals surface area contributed by atoms with E-state index in [2.05, 4.69) is 63.9 Å². The summed E-state index contributed by atoms with van der Waals surface area (Å²) in [6, 6.07) is 13.4. The van der Waals surface area contributed by atoms with E-state index in [9.17, 15) is 56.8 Å². The van der Waals surface area contributed by atoms with E-state index < -0.39 is 98.5 Å². The molecule has 0 spiro atoms. The Balaban J connectivity index is 1.40. The molecule has 0 radical (unpaired) electrons. The number of carboxylic acid groups (broad SMARTS) is 1. The Labute approximate surface area is 384 Å². The number of azo groups is 3. The molecule has 0 amide bonds. The molecule has 35 heteroatoms. The van der Waals surface area contributed by atoms with Crippen molar-refractivity contribution in [1.82, 2.24) is 9.78 Å². The normalized spacial score (nSPS) is 12.6. The van der Waals surface area contributed by atoms with Gasteiger partial charge in [0.05, 0.1) is 72.5 Å². The molecular weight excluding hydrogens is 1010 g/mol. The van der Waals surface area contributed by atoms with E-state index in [1.807, 2.05) is 0 Å². The van der Waals surface area contributed by atoms with Crippen LogP contribution in [0.3, 0.4) is 0 Å². The molecule has 5 aromatic carbocycles. The minimum atomic E-state index is -5.29. The van der Waals surface area contributed by atoms with Gasteiger partial charge in [0.15, 0.2) is 34.0 Å². The van der Waals surface area contributed by atoms with Gasteiger partial charge in [0.25, 0.3) is 21.4 Å². The Hall–Kier alpha value is -6.65. The number of aromatic carboxylic acids is 1. The number of H-pyrrole nitrogens is 1. The van der Waals surface area contributed by atoms with Crippen molar-refractivity contribution in [2.75, 3.05) is 0 Å². The van der Waals surface area contributed by atoms with Gasteiger partial charge >= 0.3 is 5.97 Å². The highest BCUT2D eigenvalue weighted by atomic mass is 32.2. The highest BCUT2D eigenvalue weighted by Gasteiger charge is 2.27. The third-order valence-electron chi connectivity index (χ3n) is 8.24. The fourth-order valence-corrected chi connectivity index (χ4v) is 7.93. The molecule has 1 aromatic heterocycles. The van der Waals surface area contributed by atoms with Crippen molar-refractivity contribution in [2.24, 2.45) is 30.7 Å². The fraction of sp³-hybridized carbons (Fsp3) is 0. The van der Waals surface area contributed by atoms with Crippen LogP contribution in [0.1, 0.15) is 10.5 Å². The second kappa shape index (κ2) is 21.8. The molecule has 1 heterocycles. The second-order valence-electron chi connectivity index (χ2n) is 12.1. The molecule has 350 valence electrons. The monoisotopic (exact) mass is 1030 g/mol. The zero-order valence-corrected chi connectivity index (χ0v) is 36.0. The number of hydrogen-bond donors (Lipinski definition) is 9. The van der Waals surface area contributed by atoms with Gasteiger partial charge in [0.1, 0.15) is 27.6 Å². The van der Waals surface area contributed by atoms with Crippen molar-refractivity contribution in [3.8, 4) is 17.2 Å². The number of fused-ring (bicyclic) bond motifs is 1. The van der Waals surface area contributed by atoms with Crippen molar-refractivity contribution in [1.29, 1.82) is 0 Å². The first-order valence-corrected chi connectivity index (χ1v) is 21.7. The number of aromatic hydroxyl groups is 2. The number of aromatic amines is 1. The number of nitro benzene ring substituents is 1. The SMILES string of the molecule is O=C(O)c1[nH]n(-c2ccc(SOOO)cc2)c(=O)c1N=Nc1ccc(N=Nc2c(SOOO)cc3cc(S(=O)(=O)O)c(N=Nc4ccc([N+](=O)[O-])cc4SOOO)c(O)c3c2O)c(S(=O)O)c1. The number of aromatic nitrogens is 2. The number of non-ortho nitro benzene ring substituents is 1. The number of phenolic OH excluding ortho intramolecular Hbond substituents is 2. The Morgan fingerprint density at radius 3 is 1.99 bits per heavy atom. The molecule has 6 aromatic rings. The van der Waals surface area contributed by atoms with Crippen LogP contribution in [0.25, 0.3) is 16.5 Å². The molecule has 30 nitrogen and oxygen atoms in total. The average Bonchev–Trinajstić information content (AvgIpc) is 3.63. The quantitative estimate of drug-likeness (QED) is 0.00656. The van der Waals surface area contributed by atoms with Crippen LogP contribution in [0.4, 0.5) is 39.8 Å². The van der Waals surface area contributed by atoms with Gasteiger partial charge in [0.2, 0.25) is 0 Å². The van der Waals surface area contributed by atoms with E-state index in [0.29, 0.717) is 23.0 Å². The summed E-state index contributed by atoms with van der Waals surface area (Å²) in [5, 5.41) is 105. The van der Waals surface area contributed by atoms with Gasteiger partial charge in [-0.1, -0.05) is 15.1 Å². The molecule has 0 aliphatic heterocycles. The number of rotatable bonds is 20. The van der Waals surface area contributed by atoms with Gasteiger partial charge in [-0.3, -0.25) is 24.6 Å². The van der Waals surface area contributed by atoms with Gasteiger partial charge in [-0.25, -0.2) is 29.5 Å². The molecule has 0 saturated heterocycles. The topological polar surface area (TPSA) is 441 Å². The van der Waals surface area contributed by atoms with Crippen LogP contribution in [-0.2, 0) is 49.3 Å². The van der Waals surface area contributed by atoms with Crippen molar-refractivity contribution >= 4 is 114 Å². The summed E-state index contributed by atoms with van der Waals surface area (Å²) in [6.45, 7) is 0. The number of phenols is 2. The molecule has 0 fully saturated rings. The van der Waals surface area contributed by atoms with Gasteiger partial charge in [-0.2, -0.15) is 13.5 Å². The summed E-state index contributed by atoms with van der Waals surface area (Å²) in [6.07, 6.45) is 0. The predicted molar refractivity (Wildman–Crippen MR) is 224 cm³/mol. The summed E-state index contributed by atoms with van der Waals surface area (Å²) in [4.78, 5) is 34.0. The van der Waals surface area contributed by atoms with Crippen LogP contribution >= 0.6 is 36.1 Å². The summed E-state index contributed by atoms with van der Waals surface area (Å²) in [5.41, 5.74) is -5.27. The maximum Gasteiger partial charge on any atom is 0.356 e. The van der Waals surface area contributed by atoms with Gasteiger partial charge in [0, 0.05) is 17.0 Å². The maximum absolute atomic E-state index is 13.3. The second-order valence-corrected chi connectivity index (χ2v) is 16.7. The van der Waals surface area contributed by atoms with E-state index in [1.54, 1.807) is 0 Å². The molecule has 1 unspecified atom stereocenters. The van der Waals surface area contributed by atoms with Crippen LogP contribution in [0, 0.1) is 10.1 Å². The number of benzene rings is 5. The number of nitrogens with one attached hydrogen (secondary N) is 1. The zero-order chi connectivity index (χ0) is 48.6. The van der Waals surface area contributed by atoms with Crippen LogP contribution in [0.5, 0.6) is 11.5 Å². The first-order valence-electron chi connectivity index (χ1n) is 16.9. The summed E-state index contributed by atoms with van der Waals surface area (Å²) >= 11 is -1.92. The minimum Gasteiger partial charge on any atom is -0.505 e. The number of hydrogen-bond acceptors (Lipinski definition) is 27. The molecular formula is C32H21N9O21S5. The van der Waals surface area contributed by atoms with E-state index in [1.165, 1.54) is 24.3 Å². The van der Waals surface area contributed by atoms with E-state index in [-0.39, 0.29) is 56.3 Å². The van der Waals surface area contributed by atoms with E-state index >= 15 is 0 Å². The zero-order valence-electron chi connectivity index (χ0n) is 31.9. The molecule has 0 bridgehead atoms. The average molecular weight is 1030 g/mol. The predicted octanol–water partition coefficient (Wildman–Crippen LogP) is 8.69. The first-order chi connectivity index (χ1) is 32.0. The van der Waals surface area contributed by atoms with E-state index in [4.69, 9.17) is 15.8 Å².